The monoisotopic (exact) mass is 392 g/mol. The van der Waals surface area contributed by atoms with Crippen LogP contribution in [0.1, 0.15) is 40.0 Å². The highest BCUT2D eigenvalue weighted by atomic mass is 35.5. The predicted octanol–water partition coefficient (Wildman–Crippen LogP) is 4.50. The molecule has 3 aromatic carbocycles. The lowest BCUT2D eigenvalue weighted by molar-refractivity contribution is -0.119. The van der Waals surface area contributed by atoms with E-state index in [0.29, 0.717) is 17.1 Å². The maximum Gasteiger partial charge on any atom is 0.252 e. The Hall–Kier alpha value is -3.11. The normalized spacial score (nSPS) is 11.5. The molecule has 0 heterocycles. The maximum absolute atomic E-state index is 12.8. The molecule has 0 bridgehead atoms. The third kappa shape index (κ3) is 5.21. The smallest absolute Gasteiger partial charge is 0.252 e. The number of rotatable bonds is 6. The van der Waals surface area contributed by atoms with E-state index in [9.17, 15) is 9.59 Å². The average Bonchev–Trinajstić information content (AvgIpc) is 2.72. The van der Waals surface area contributed by atoms with E-state index in [4.69, 9.17) is 11.6 Å². The molecule has 5 heteroatoms. The van der Waals surface area contributed by atoms with Crippen molar-refractivity contribution < 1.29 is 9.59 Å². The van der Waals surface area contributed by atoms with Gasteiger partial charge in [-0.15, -0.1) is 0 Å². The number of nitrogens with one attached hydrogen (secondary N) is 2. The Kier molecular flexibility index (Phi) is 6.45. The molecule has 1 atom stereocenters. The molecular formula is C23H21ClN2O2. The second-order valence-electron chi connectivity index (χ2n) is 6.48. The van der Waals surface area contributed by atoms with Gasteiger partial charge in [-0.05, 0) is 41.0 Å². The second kappa shape index (κ2) is 9.20. The molecule has 2 N–H and O–H groups in total. The molecular weight excluding hydrogens is 372 g/mol. The van der Waals surface area contributed by atoms with Crippen molar-refractivity contribution >= 4 is 23.4 Å². The molecule has 3 aromatic rings. The number of benzene rings is 3. The highest BCUT2D eigenvalue weighted by molar-refractivity contribution is 6.30. The summed E-state index contributed by atoms with van der Waals surface area (Å²) in [6.45, 7) is 1.91. The van der Waals surface area contributed by atoms with E-state index in [-0.39, 0.29) is 17.9 Å². The Bertz CT molecular complexity index is 939. The summed E-state index contributed by atoms with van der Waals surface area (Å²) < 4.78 is 0. The second-order valence-corrected chi connectivity index (χ2v) is 6.91. The van der Waals surface area contributed by atoms with Gasteiger partial charge in [0.2, 0.25) is 5.91 Å². The number of carbonyl (C=O) groups excluding carboxylic acids is 2. The highest BCUT2D eigenvalue weighted by Crippen LogP contribution is 2.24. The van der Waals surface area contributed by atoms with Gasteiger partial charge in [-0.1, -0.05) is 66.2 Å². The van der Waals surface area contributed by atoms with E-state index in [1.807, 2.05) is 66.7 Å². The number of halogens is 1. The molecule has 0 spiro atoms. The van der Waals surface area contributed by atoms with Gasteiger partial charge in [0.1, 0.15) is 0 Å². The van der Waals surface area contributed by atoms with Crippen LogP contribution >= 0.6 is 11.6 Å². The van der Waals surface area contributed by atoms with Gasteiger partial charge < -0.3 is 10.6 Å². The van der Waals surface area contributed by atoms with Crippen LogP contribution in [0.25, 0.3) is 0 Å². The molecule has 28 heavy (non-hydrogen) atoms. The van der Waals surface area contributed by atoms with Crippen molar-refractivity contribution in [2.24, 2.45) is 0 Å². The van der Waals surface area contributed by atoms with Gasteiger partial charge in [0, 0.05) is 24.1 Å². The first-order valence-electron chi connectivity index (χ1n) is 8.97. The Labute approximate surface area is 169 Å². The summed E-state index contributed by atoms with van der Waals surface area (Å²) in [6.07, 6.45) is 0. The van der Waals surface area contributed by atoms with Gasteiger partial charge in [0.05, 0.1) is 6.04 Å². The van der Waals surface area contributed by atoms with Crippen molar-refractivity contribution in [3.8, 4) is 0 Å². The summed E-state index contributed by atoms with van der Waals surface area (Å²) in [5, 5.41) is 6.49. The Morgan fingerprint density at radius 1 is 0.857 bits per heavy atom. The first-order valence-corrected chi connectivity index (χ1v) is 9.35. The molecule has 2 amide bonds. The van der Waals surface area contributed by atoms with Crippen LogP contribution in [0.4, 0.5) is 0 Å². The summed E-state index contributed by atoms with van der Waals surface area (Å²) >= 11 is 6.01. The zero-order valence-electron chi connectivity index (χ0n) is 15.5. The summed E-state index contributed by atoms with van der Waals surface area (Å²) in [7, 11) is 0. The molecule has 0 fully saturated rings. The largest absolute Gasteiger partial charge is 0.352 e. The lowest BCUT2D eigenvalue weighted by Gasteiger charge is -2.20. The van der Waals surface area contributed by atoms with Crippen molar-refractivity contribution in [1.29, 1.82) is 0 Å². The summed E-state index contributed by atoms with van der Waals surface area (Å²) in [4.78, 5) is 23.9. The first kappa shape index (κ1) is 19.6. The molecule has 0 saturated heterocycles. The van der Waals surface area contributed by atoms with Crippen molar-refractivity contribution in [3.63, 3.8) is 0 Å². The van der Waals surface area contributed by atoms with Crippen LogP contribution in [0.5, 0.6) is 0 Å². The van der Waals surface area contributed by atoms with E-state index < -0.39 is 0 Å². The number of carbonyl (C=O) groups is 2. The fourth-order valence-corrected chi connectivity index (χ4v) is 3.00. The van der Waals surface area contributed by atoms with Crippen LogP contribution in [-0.2, 0) is 11.3 Å². The SMILES string of the molecule is CC(=O)NCc1ccc(C(=O)N[C@@H](c2ccccc2)c2ccc(Cl)cc2)cc1. The van der Waals surface area contributed by atoms with Gasteiger partial charge in [0.15, 0.2) is 0 Å². The molecule has 0 unspecified atom stereocenters. The first-order chi connectivity index (χ1) is 13.5. The third-order valence-corrected chi connectivity index (χ3v) is 4.62. The molecule has 0 saturated carbocycles. The number of hydrogen-bond donors (Lipinski definition) is 2. The van der Waals surface area contributed by atoms with Crippen LogP contribution in [0.3, 0.4) is 0 Å². The zero-order chi connectivity index (χ0) is 19.9. The standard InChI is InChI=1S/C23H21ClN2O2/c1-16(27)25-15-17-7-9-20(10-8-17)23(28)26-22(18-5-3-2-4-6-18)19-11-13-21(24)14-12-19/h2-14,22H,15H2,1H3,(H,25,27)(H,26,28)/t22-/m0/s1. The number of amides is 2. The Morgan fingerprint density at radius 3 is 2.07 bits per heavy atom. The maximum atomic E-state index is 12.8. The van der Waals surface area contributed by atoms with Crippen LogP contribution in [0.15, 0.2) is 78.9 Å². The summed E-state index contributed by atoms with van der Waals surface area (Å²) in [5.74, 6) is -0.259. The molecule has 142 valence electrons. The minimum Gasteiger partial charge on any atom is -0.352 e. The van der Waals surface area contributed by atoms with E-state index in [1.54, 1.807) is 12.1 Å². The van der Waals surface area contributed by atoms with Crippen molar-refractivity contribution in [2.75, 3.05) is 0 Å². The van der Waals surface area contributed by atoms with E-state index in [1.165, 1.54) is 6.92 Å². The van der Waals surface area contributed by atoms with E-state index >= 15 is 0 Å². The van der Waals surface area contributed by atoms with Gasteiger partial charge >= 0.3 is 0 Å². The van der Waals surface area contributed by atoms with Crippen LogP contribution in [0.2, 0.25) is 5.02 Å². The molecule has 0 aliphatic rings. The lowest BCUT2D eigenvalue weighted by Crippen LogP contribution is -2.29. The molecule has 0 radical (unpaired) electrons. The zero-order valence-corrected chi connectivity index (χ0v) is 16.2. The van der Waals surface area contributed by atoms with Gasteiger partial charge in [-0.25, -0.2) is 0 Å². The van der Waals surface area contributed by atoms with Crippen molar-refractivity contribution in [2.45, 2.75) is 19.5 Å². The highest BCUT2D eigenvalue weighted by Gasteiger charge is 2.17. The fraction of sp³-hybridized carbons (Fsp3) is 0.130. The van der Waals surface area contributed by atoms with Gasteiger partial charge in [0.25, 0.3) is 5.91 Å². The molecule has 3 rings (SSSR count). The van der Waals surface area contributed by atoms with Gasteiger partial charge in [-0.3, -0.25) is 9.59 Å². The predicted molar refractivity (Wildman–Crippen MR) is 111 cm³/mol. The van der Waals surface area contributed by atoms with Crippen LogP contribution in [0, 0.1) is 0 Å². The van der Waals surface area contributed by atoms with E-state index in [0.717, 1.165) is 16.7 Å². The fourth-order valence-electron chi connectivity index (χ4n) is 2.87. The van der Waals surface area contributed by atoms with Gasteiger partial charge in [-0.2, -0.15) is 0 Å². The van der Waals surface area contributed by atoms with E-state index in [2.05, 4.69) is 10.6 Å². The molecule has 0 aromatic heterocycles. The Morgan fingerprint density at radius 2 is 1.46 bits per heavy atom. The molecule has 0 aliphatic heterocycles. The number of hydrogen-bond acceptors (Lipinski definition) is 2. The minimum atomic E-state index is -0.287. The van der Waals surface area contributed by atoms with Crippen molar-refractivity contribution in [3.05, 3.63) is 106 Å². The quantitative estimate of drug-likeness (QED) is 0.649. The molecule has 0 aliphatic carbocycles. The topological polar surface area (TPSA) is 58.2 Å². The summed E-state index contributed by atoms with van der Waals surface area (Å²) in [5.41, 5.74) is 3.43. The lowest BCUT2D eigenvalue weighted by atomic mass is 9.98. The average molecular weight is 393 g/mol. The van der Waals surface area contributed by atoms with Crippen LogP contribution < -0.4 is 10.6 Å². The van der Waals surface area contributed by atoms with Crippen molar-refractivity contribution in [1.82, 2.24) is 10.6 Å². The van der Waals surface area contributed by atoms with Crippen LogP contribution in [-0.4, -0.2) is 11.8 Å². The Balaban J connectivity index is 1.79. The summed E-state index contributed by atoms with van der Waals surface area (Å²) in [6, 6.07) is 24.2. The third-order valence-electron chi connectivity index (χ3n) is 4.37. The minimum absolute atomic E-state index is 0.0875. The molecule has 4 nitrogen and oxygen atoms in total.